The minimum absolute atomic E-state index is 0.0588. The average Bonchev–Trinajstić information content (AvgIpc) is 2.96. The minimum Gasteiger partial charge on any atom is -0.493 e. The monoisotopic (exact) mass is 570 g/mol. The van der Waals surface area contributed by atoms with Crippen LogP contribution in [0.3, 0.4) is 0 Å². The van der Waals surface area contributed by atoms with E-state index in [0.29, 0.717) is 40.9 Å². The zero-order chi connectivity index (χ0) is 29.9. The van der Waals surface area contributed by atoms with Crippen molar-refractivity contribution >= 4 is 18.2 Å². The third-order valence-corrected chi connectivity index (χ3v) is 6.20. The number of nitrogens with zero attached hydrogens (tertiary/aromatic N) is 1. The summed E-state index contributed by atoms with van der Waals surface area (Å²) in [4.78, 5) is 24.5. The Hall–Kier alpha value is -4.45. The summed E-state index contributed by atoms with van der Waals surface area (Å²) in [6.45, 7) is 7.67. The van der Waals surface area contributed by atoms with Crippen LogP contribution in [0.5, 0.6) is 23.0 Å². The third-order valence-electron chi connectivity index (χ3n) is 6.20. The number of benzene rings is 2. The number of aliphatic hydroxyl groups excluding tert-OH is 1. The molecule has 0 aliphatic carbocycles. The van der Waals surface area contributed by atoms with Crippen LogP contribution in [0.4, 0.5) is 4.79 Å². The number of hydrogen-bond donors (Lipinski definition) is 4. The molecule has 0 spiro atoms. The summed E-state index contributed by atoms with van der Waals surface area (Å²) in [5.74, 6) is 1.40. The van der Waals surface area contributed by atoms with Gasteiger partial charge in [0.2, 0.25) is 0 Å². The van der Waals surface area contributed by atoms with E-state index in [-0.39, 0.29) is 18.3 Å². The Labute approximate surface area is 239 Å². The van der Waals surface area contributed by atoms with Crippen LogP contribution in [0.25, 0.3) is 0 Å². The number of carbonyl (C=O) groups excluding carboxylic acids is 2. The lowest BCUT2D eigenvalue weighted by Crippen LogP contribution is -2.45. The van der Waals surface area contributed by atoms with Crippen LogP contribution in [0.2, 0.25) is 0 Å². The van der Waals surface area contributed by atoms with Gasteiger partial charge in [-0.2, -0.15) is 5.10 Å². The van der Waals surface area contributed by atoms with Crippen LogP contribution in [0.15, 0.2) is 52.8 Å². The molecule has 3 atom stereocenters. The van der Waals surface area contributed by atoms with Gasteiger partial charge in [-0.1, -0.05) is 13.0 Å². The Morgan fingerprint density at radius 3 is 2.54 bits per heavy atom. The number of rotatable bonds is 14. The molecule has 0 aromatic heterocycles. The van der Waals surface area contributed by atoms with Gasteiger partial charge in [0.25, 0.3) is 0 Å². The molecule has 0 bridgehead atoms. The molecule has 2 aromatic carbocycles. The fourth-order valence-electron chi connectivity index (χ4n) is 3.98. The number of amides is 2. The van der Waals surface area contributed by atoms with Gasteiger partial charge in [-0.3, -0.25) is 5.43 Å². The van der Waals surface area contributed by atoms with Gasteiger partial charge in [0.1, 0.15) is 6.61 Å². The molecule has 0 radical (unpaired) electrons. The van der Waals surface area contributed by atoms with Crippen molar-refractivity contribution in [2.45, 2.75) is 52.5 Å². The highest BCUT2D eigenvalue weighted by molar-refractivity contribution is 5.95. The van der Waals surface area contributed by atoms with Crippen LogP contribution in [-0.2, 0) is 9.53 Å². The first-order valence-electron chi connectivity index (χ1n) is 13.3. The molecule has 12 heteroatoms. The zero-order valence-electron chi connectivity index (χ0n) is 24.1. The van der Waals surface area contributed by atoms with Gasteiger partial charge in [0.15, 0.2) is 29.2 Å². The molecule has 0 unspecified atom stereocenters. The summed E-state index contributed by atoms with van der Waals surface area (Å²) >= 11 is 0. The molecule has 2 amide bonds. The lowest BCUT2D eigenvalue weighted by molar-refractivity contribution is -0.136. The maximum absolute atomic E-state index is 12.4. The molecule has 0 fully saturated rings. The molecule has 1 aliphatic heterocycles. The number of hydrazone groups is 1. The van der Waals surface area contributed by atoms with E-state index in [4.69, 9.17) is 23.7 Å². The number of allylic oxidation sites excluding steroid dienone is 1. The molecule has 41 heavy (non-hydrogen) atoms. The van der Waals surface area contributed by atoms with E-state index in [0.717, 1.165) is 12.0 Å². The van der Waals surface area contributed by atoms with E-state index in [2.05, 4.69) is 21.2 Å². The first-order valence-corrected chi connectivity index (χ1v) is 13.3. The molecule has 12 nitrogen and oxygen atoms in total. The van der Waals surface area contributed by atoms with Crippen molar-refractivity contribution in [3.63, 3.8) is 0 Å². The van der Waals surface area contributed by atoms with Crippen molar-refractivity contribution in [1.82, 2.24) is 16.1 Å². The van der Waals surface area contributed by atoms with Crippen molar-refractivity contribution in [3.05, 3.63) is 58.8 Å². The lowest BCUT2D eigenvalue weighted by atomic mass is 9.95. The van der Waals surface area contributed by atoms with E-state index >= 15 is 0 Å². The number of methoxy groups -OCH3 is 2. The van der Waals surface area contributed by atoms with E-state index in [1.165, 1.54) is 7.11 Å². The molecule has 1 aliphatic rings. The summed E-state index contributed by atoms with van der Waals surface area (Å²) < 4.78 is 27.7. The van der Waals surface area contributed by atoms with E-state index < -0.39 is 24.3 Å². The average molecular weight is 571 g/mol. The van der Waals surface area contributed by atoms with Gasteiger partial charge < -0.3 is 39.4 Å². The smallest absolute Gasteiger partial charge is 0.337 e. The summed E-state index contributed by atoms with van der Waals surface area (Å²) in [7, 11) is 2.85. The van der Waals surface area contributed by atoms with Gasteiger partial charge >= 0.3 is 12.0 Å². The molecule has 2 aromatic rings. The van der Waals surface area contributed by atoms with Crippen molar-refractivity contribution in [2.24, 2.45) is 5.10 Å². The molecule has 1 heterocycles. The maximum atomic E-state index is 12.4. The van der Waals surface area contributed by atoms with Crippen molar-refractivity contribution in [1.29, 1.82) is 0 Å². The second-order valence-corrected chi connectivity index (χ2v) is 9.16. The Balaban J connectivity index is 1.66. The van der Waals surface area contributed by atoms with E-state index in [9.17, 15) is 14.7 Å². The SMILES string of the molecule is CCOc1cc([C@@H]2NC(=O)NC(C)=C2C(=O)OC)ccc1OC[C@@H](O)N/N=C\c1ccc(O[C@H](C)CC)c(OC)c1. The van der Waals surface area contributed by atoms with Crippen LogP contribution in [0, 0.1) is 0 Å². The molecule has 222 valence electrons. The minimum atomic E-state index is -1.13. The lowest BCUT2D eigenvalue weighted by Gasteiger charge is -2.28. The van der Waals surface area contributed by atoms with Gasteiger partial charge in [-0.05, 0) is 68.7 Å². The van der Waals surface area contributed by atoms with Gasteiger partial charge in [-0.15, -0.1) is 0 Å². The summed E-state index contributed by atoms with van der Waals surface area (Å²) in [6, 6.07) is 9.25. The quantitative estimate of drug-likeness (QED) is 0.116. The van der Waals surface area contributed by atoms with Crippen LogP contribution < -0.4 is 35.0 Å². The summed E-state index contributed by atoms with van der Waals surface area (Å²) in [5, 5.41) is 19.8. The van der Waals surface area contributed by atoms with Crippen molar-refractivity contribution in [2.75, 3.05) is 27.4 Å². The number of aliphatic hydroxyl groups is 1. The topological polar surface area (TPSA) is 149 Å². The Kier molecular flexibility index (Phi) is 11.2. The summed E-state index contributed by atoms with van der Waals surface area (Å²) in [5.41, 5.74) is 4.63. The molecule has 3 rings (SSSR count). The number of carbonyl (C=O) groups is 2. The van der Waals surface area contributed by atoms with Crippen molar-refractivity contribution in [3.8, 4) is 23.0 Å². The first kappa shape index (κ1) is 31.1. The largest absolute Gasteiger partial charge is 0.493 e. The van der Waals surface area contributed by atoms with Crippen LogP contribution in [-0.4, -0.2) is 63.1 Å². The Morgan fingerprint density at radius 1 is 1.10 bits per heavy atom. The first-order chi connectivity index (χ1) is 19.7. The maximum Gasteiger partial charge on any atom is 0.337 e. The Morgan fingerprint density at radius 2 is 1.85 bits per heavy atom. The zero-order valence-corrected chi connectivity index (χ0v) is 24.1. The molecule has 0 saturated carbocycles. The number of esters is 1. The fraction of sp³-hybridized carbons (Fsp3) is 0.414. The Bertz CT molecular complexity index is 1280. The van der Waals surface area contributed by atoms with Gasteiger partial charge in [0.05, 0.1) is 44.8 Å². The van der Waals surface area contributed by atoms with Crippen molar-refractivity contribution < 1.29 is 38.4 Å². The van der Waals surface area contributed by atoms with Crippen LogP contribution in [0.1, 0.15) is 51.3 Å². The standard InChI is InChI=1S/C29H38N4O8/c1-7-17(3)41-22-11-9-19(13-23(22)37-5)15-30-33-25(34)16-40-21-12-10-20(14-24(21)39-8-2)27-26(28(35)38-6)18(4)31-29(36)32-27/h9-15,17,25,27,33-34H,7-8,16H2,1-6H3,(H2,31,32,36)/b30-15-/t17-,25-,27+/m1/s1. The molecular weight excluding hydrogens is 532 g/mol. The van der Waals surface area contributed by atoms with Gasteiger partial charge in [0, 0.05) is 5.70 Å². The van der Waals surface area contributed by atoms with E-state index in [1.807, 2.05) is 32.9 Å². The molecule has 0 saturated heterocycles. The fourth-order valence-corrected chi connectivity index (χ4v) is 3.98. The predicted octanol–water partition coefficient (Wildman–Crippen LogP) is 3.39. The second kappa shape index (κ2) is 14.8. The summed E-state index contributed by atoms with van der Waals surface area (Å²) in [6.07, 6.45) is 1.34. The van der Waals surface area contributed by atoms with Gasteiger partial charge in [-0.25, -0.2) is 9.59 Å². The number of nitrogens with one attached hydrogen (secondary N) is 3. The molecule has 4 N–H and O–H groups in total. The third kappa shape index (κ3) is 8.27. The highest BCUT2D eigenvalue weighted by Crippen LogP contribution is 2.35. The molecular formula is C29H38N4O8. The number of ether oxygens (including phenoxy) is 5. The van der Waals surface area contributed by atoms with Crippen LogP contribution >= 0.6 is 0 Å². The van der Waals surface area contributed by atoms with E-state index in [1.54, 1.807) is 44.5 Å². The second-order valence-electron chi connectivity index (χ2n) is 9.16. The highest BCUT2D eigenvalue weighted by atomic mass is 16.5. The highest BCUT2D eigenvalue weighted by Gasteiger charge is 2.32. The normalized spacial score (nSPS) is 16.4. The number of hydrogen-bond acceptors (Lipinski definition) is 10. The number of urea groups is 1. The predicted molar refractivity (Wildman–Crippen MR) is 152 cm³/mol.